The van der Waals surface area contributed by atoms with E-state index in [4.69, 9.17) is 23.2 Å². The molecule has 0 spiro atoms. The second kappa shape index (κ2) is 9.08. The number of hydrogen-bond donors (Lipinski definition) is 0. The monoisotopic (exact) mass is 468 g/mol. The summed E-state index contributed by atoms with van der Waals surface area (Å²) < 4.78 is 43.0. The van der Waals surface area contributed by atoms with Crippen molar-refractivity contribution in [1.82, 2.24) is 0 Å². The molecular weight excluding hydrogens is 438 g/mol. The molecule has 0 aliphatic carbocycles. The summed E-state index contributed by atoms with van der Waals surface area (Å²) in [5.74, 6) is 0.290. The minimum atomic E-state index is -0.712. The summed E-state index contributed by atoms with van der Waals surface area (Å²) >= 11 is 0. The number of ether oxygens (including phenoxy) is 2. The van der Waals surface area contributed by atoms with Crippen LogP contribution in [0.1, 0.15) is 51.3 Å². The van der Waals surface area contributed by atoms with Crippen LogP contribution in [0.25, 0.3) is 11.0 Å². The Labute approximate surface area is 199 Å². The van der Waals surface area contributed by atoms with Crippen molar-refractivity contribution in [1.29, 1.82) is 0 Å². The zero-order valence-electron chi connectivity index (χ0n) is 20.5. The van der Waals surface area contributed by atoms with Crippen molar-refractivity contribution in [2.75, 3.05) is 6.61 Å². The summed E-state index contributed by atoms with van der Waals surface area (Å²) in [5, 5.41) is 0.597. The topological polar surface area (TPSA) is 67.1 Å². The third kappa shape index (κ3) is 4.84. The van der Waals surface area contributed by atoms with Crippen LogP contribution in [0.5, 0.6) is 5.75 Å². The number of furan rings is 1. The minimum absolute atomic E-state index is 0.120. The van der Waals surface area contributed by atoms with E-state index in [2.05, 4.69) is 0 Å². The summed E-state index contributed by atoms with van der Waals surface area (Å²) in [6.45, 7) is 12.1. The fourth-order valence-electron chi connectivity index (χ4n) is 3.91. The third-order valence-corrected chi connectivity index (χ3v) is 6.44. The minimum Gasteiger partial charge on any atom is -0.489 e. The quantitative estimate of drug-likeness (QED) is 0.364. The predicted molar refractivity (Wildman–Crippen MR) is 128 cm³/mol. The molecule has 2 heterocycles. The number of benzene rings is 2. The summed E-state index contributed by atoms with van der Waals surface area (Å²) in [6.07, 6.45) is 0.120. The number of hydrogen-bond acceptors (Lipinski definition) is 6. The Balaban J connectivity index is 1.63. The van der Waals surface area contributed by atoms with E-state index in [0.717, 1.165) is 16.7 Å². The summed E-state index contributed by atoms with van der Waals surface area (Å²) in [4.78, 5) is 12.0. The second-order valence-corrected chi connectivity index (χ2v) is 9.62. The Bertz CT molecular complexity index is 1200. The number of carbonyl (C=O) groups is 1. The van der Waals surface area contributed by atoms with Crippen LogP contribution >= 0.6 is 0 Å². The molecule has 3 aromatic rings. The Kier molecular flexibility index (Phi) is 6.49. The van der Waals surface area contributed by atoms with Gasteiger partial charge in [-0.15, -0.1) is 0 Å². The van der Waals surface area contributed by atoms with Gasteiger partial charge in [-0.3, -0.25) is 4.79 Å². The molecule has 8 heteroatoms. The lowest BCUT2D eigenvalue weighted by Gasteiger charge is -2.32. The average Bonchev–Trinajstić information content (AvgIpc) is 3.22. The molecule has 1 fully saturated rings. The van der Waals surface area contributed by atoms with E-state index in [0.29, 0.717) is 28.8 Å². The van der Waals surface area contributed by atoms with Crippen molar-refractivity contribution in [2.45, 2.75) is 65.8 Å². The van der Waals surface area contributed by atoms with Crippen molar-refractivity contribution in [3.63, 3.8) is 0 Å². The standard InChI is InChI=1S/C26H30BFO6/c1-7-30-23(29)14-18-9-8-16(2)10-21(18)31-15-17-11-19-13-22(28)32-24(19)20(12-17)27-33-25(3,4)26(5,6)34-27/h8-13H,7,14-15H2,1-6H3. The van der Waals surface area contributed by atoms with Crippen LogP contribution in [0.15, 0.2) is 40.8 Å². The van der Waals surface area contributed by atoms with Crippen LogP contribution < -0.4 is 10.2 Å². The van der Waals surface area contributed by atoms with Crippen LogP contribution in [-0.2, 0) is 31.9 Å². The van der Waals surface area contributed by atoms with E-state index in [1.165, 1.54) is 6.07 Å². The molecule has 0 saturated carbocycles. The highest BCUT2D eigenvalue weighted by Crippen LogP contribution is 2.37. The van der Waals surface area contributed by atoms with Gasteiger partial charge >= 0.3 is 13.1 Å². The Morgan fingerprint density at radius 1 is 1.06 bits per heavy atom. The number of carbonyl (C=O) groups excluding carboxylic acids is 1. The van der Waals surface area contributed by atoms with Gasteiger partial charge in [0.1, 0.15) is 17.9 Å². The molecule has 180 valence electrons. The Morgan fingerprint density at radius 2 is 1.76 bits per heavy atom. The van der Waals surface area contributed by atoms with Gasteiger partial charge in [0.25, 0.3) is 6.01 Å². The first-order valence-electron chi connectivity index (χ1n) is 11.4. The smallest absolute Gasteiger partial charge is 0.489 e. The van der Waals surface area contributed by atoms with E-state index in [1.54, 1.807) is 6.92 Å². The molecule has 0 atom stereocenters. The lowest BCUT2D eigenvalue weighted by Crippen LogP contribution is -2.41. The van der Waals surface area contributed by atoms with Crippen molar-refractivity contribution in [2.24, 2.45) is 0 Å². The molecule has 0 amide bonds. The van der Waals surface area contributed by atoms with Crippen LogP contribution in [0, 0.1) is 12.9 Å². The summed E-state index contributed by atoms with van der Waals surface area (Å²) in [7, 11) is -0.712. The number of esters is 1. The van der Waals surface area contributed by atoms with E-state index < -0.39 is 24.3 Å². The highest BCUT2D eigenvalue weighted by molar-refractivity contribution is 6.64. The van der Waals surface area contributed by atoms with Gasteiger partial charge < -0.3 is 23.2 Å². The van der Waals surface area contributed by atoms with Gasteiger partial charge in [0.05, 0.1) is 24.2 Å². The van der Waals surface area contributed by atoms with Crippen LogP contribution in [0.3, 0.4) is 0 Å². The number of aryl methyl sites for hydroxylation is 1. The normalized spacial score (nSPS) is 16.7. The molecule has 1 saturated heterocycles. The zero-order valence-corrected chi connectivity index (χ0v) is 20.5. The van der Waals surface area contributed by atoms with Gasteiger partial charge in [0, 0.05) is 22.5 Å². The van der Waals surface area contributed by atoms with Gasteiger partial charge in [0.15, 0.2) is 0 Å². The molecule has 6 nitrogen and oxygen atoms in total. The molecule has 2 aromatic carbocycles. The van der Waals surface area contributed by atoms with Gasteiger partial charge in [-0.05, 0) is 64.8 Å². The maximum atomic E-state index is 14.0. The fraction of sp³-hybridized carbons (Fsp3) is 0.423. The predicted octanol–water partition coefficient (Wildman–Crippen LogP) is 4.86. The molecule has 1 aliphatic rings. The fourth-order valence-corrected chi connectivity index (χ4v) is 3.91. The van der Waals surface area contributed by atoms with Crippen molar-refractivity contribution < 1.29 is 32.4 Å². The van der Waals surface area contributed by atoms with E-state index in [9.17, 15) is 9.18 Å². The SMILES string of the molecule is CCOC(=O)Cc1ccc(C)cc1OCc1cc(B2OC(C)(C)C(C)(C)O2)c2oc(F)cc2c1. The van der Waals surface area contributed by atoms with Crippen LogP contribution in [0.4, 0.5) is 4.39 Å². The van der Waals surface area contributed by atoms with E-state index in [1.807, 2.05) is 65.0 Å². The lowest BCUT2D eigenvalue weighted by molar-refractivity contribution is -0.142. The maximum Gasteiger partial charge on any atom is 0.498 e. The number of halogens is 1. The van der Waals surface area contributed by atoms with Crippen LogP contribution in [0.2, 0.25) is 0 Å². The zero-order chi connectivity index (χ0) is 24.7. The van der Waals surface area contributed by atoms with Crippen molar-refractivity contribution in [3.05, 3.63) is 59.1 Å². The Morgan fingerprint density at radius 3 is 2.44 bits per heavy atom. The number of rotatable bonds is 7. The van der Waals surface area contributed by atoms with Crippen molar-refractivity contribution in [3.8, 4) is 5.75 Å². The molecule has 0 N–H and O–H groups in total. The van der Waals surface area contributed by atoms with Gasteiger partial charge in [-0.2, -0.15) is 4.39 Å². The summed E-state index contributed by atoms with van der Waals surface area (Å²) in [5.41, 5.74) is 2.43. The molecule has 0 radical (unpaired) electrons. The van der Waals surface area contributed by atoms with Gasteiger partial charge in [0.2, 0.25) is 0 Å². The van der Waals surface area contributed by atoms with Gasteiger partial charge in [-0.1, -0.05) is 18.2 Å². The van der Waals surface area contributed by atoms with E-state index in [-0.39, 0.29) is 19.0 Å². The van der Waals surface area contributed by atoms with Crippen molar-refractivity contribution >= 4 is 29.5 Å². The lowest BCUT2D eigenvalue weighted by atomic mass is 9.77. The molecule has 1 aromatic heterocycles. The van der Waals surface area contributed by atoms with Gasteiger partial charge in [-0.25, -0.2) is 0 Å². The van der Waals surface area contributed by atoms with Crippen LogP contribution in [-0.4, -0.2) is 30.9 Å². The molecular formula is C26H30BFO6. The average molecular weight is 468 g/mol. The highest BCUT2D eigenvalue weighted by atomic mass is 19.1. The highest BCUT2D eigenvalue weighted by Gasteiger charge is 2.52. The molecule has 34 heavy (non-hydrogen) atoms. The first kappa shape index (κ1) is 24.3. The largest absolute Gasteiger partial charge is 0.498 e. The van der Waals surface area contributed by atoms with E-state index >= 15 is 0 Å². The molecule has 4 rings (SSSR count). The first-order chi connectivity index (χ1) is 16.0. The Hall–Kier alpha value is -2.84. The first-order valence-corrected chi connectivity index (χ1v) is 11.4. The maximum absolute atomic E-state index is 14.0. The third-order valence-electron chi connectivity index (χ3n) is 6.44. The number of fused-ring (bicyclic) bond motifs is 1. The second-order valence-electron chi connectivity index (χ2n) is 9.62. The molecule has 0 unspecified atom stereocenters. The molecule has 1 aliphatic heterocycles. The molecule has 0 bridgehead atoms. The summed E-state index contributed by atoms with van der Waals surface area (Å²) in [6, 6.07) is 10.0.